The lowest BCUT2D eigenvalue weighted by molar-refractivity contribution is -0.123. The molecular weight excluding hydrogens is 204 g/mol. The first kappa shape index (κ1) is 11.9. The molecule has 4 unspecified atom stereocenters. The average Bonchev–Trinajstić information content (AvgIpc) is 2.84. The quantitative estimate of drug-likeness (QED) is 0.647. The molecule has 92 valence electrons. The molecule has 2 aliphatic rings. The van der Waals surface area contributed by atoms with Crippen LogP contribution in [0.5, 0.6) is 0 Å². The first-order valence-corrected chi connectivity index (χ1v) is 6.34. The molecule has 4 nitrogen and oxygen atoms in total. The number of carbonyl (C=O) groups is 1. The van der Waals surface area contributed by atoms with Crippen molar-refractivity contribution in [3.05, 3.63) is 0 Å². The Balaban J connectivity index is 1.68. The third-order valence-corrected chi connectivity index (χ3v) is 3.79. The molecule has 3 N–H and O–H groups in total. The van der Waals surface area contributed by atoms with Crippen LogP contribution in [-0.4, -0.2) is 36.2 Å². The summed E-state index contributed by atoms with van der Waals surface area (Å²) >= 11 is 0. The van der Waals surface area contributed by atoms with E-state index in [1.807, 2.05) is 0 Å². The molecule has 1 heterocycles. The van der Waals surface area contributed by atoms with E-state index in [-0.39, 0.29) is 18.1 Å². The molecule has 4 heteroatoms. The van der Waals surface area contributed by atoms with Gasteiger partial charge in [0, 0.05) is 13.1 Å². The summed E-state index contributed by atoms with van der Waals surface area (Å²) in [5.74, 6) is 1.52. The largest absolute Gasteiger partial charge is 0.392 e. The minimum atomic E-state index is -0.359. The number of amides is 1. The fourth-order valence-corrected chi connectivity index (χ4v) is 2.80. The van der Waals surface area contributed by atoms with Crippen LogP contribution in [0, 0.1) is 11.8 Å². The van der Waals surface area contributed by atoms with E-state index in [0.29, 0.717) is 18.9 Å². The van der Waals surface area contributed by atoms with Crippen molar-refractivity contribution in [2.24, 2.45) is 11.8 Å². The highest BCUT2D eigenvalue weighted by molar-refractivity contribution is 5.82. The van der Waals surface area contributed by atoms with Crippen molar-refractivity contribution in [3.8, 4) is 0 Å². The molecule has 1 aliphatic heterocycles. The molecule has 4 atom stereocenters. The van der Waals surface area contributed by atoms with Crippen molar-refractivity contribution in [3.63, 3.8) is 0 Å². The van der Waals surface area contributed by atoms with E-state index >= 15 is 0 Å². The molecule has 0 bridgehead atoms. The van der Waals surface area contributed by atoms with Crippen molar-refractivity contribution in [2.45, 2.75) is 44.8 Å². The van der Waals surface area contributed by atoms with Gasteiger partial charge in [-0.3, -0.25) is 4.79 Å². The summed E-state index contributed by atoms with van der Waals surface area (Å²) in [5.41, 5.74) is 0. The highest BCUT2D eigenvalue weighted by atomic mass is 16.3. The van der Waals surface area contributed by atoms with Gasteiger partial charge in [0.2, 0.25) is 5.91 Å². The second-order valence-corrected chi connectivity index (χ2v) is 5.38. The molecule has 0 radical (unpaired) electrons. The Bertz CT molecular complexity index is 257. The van der Waals surface area contributed by atoms with E-state index in [1.165, 1.54) is 19.3 Å². The third kappa shape index (κ3) is 2.95. The molecule has 1 aliphatic carbocycles. The van der Waals surface area contributed by atoms with Crippen LogP contribution >= 0.6 is 0 Å². The number of hydrogen-bond donors (Lipinski definition) is 3. The Morgan fingerprint density at radius 3 is 2.81 bits per heavy atom. The van der Waals surface area contributed by atoms with Crippen LogP contribution in [0.2, 0.25) is 0 Å². The van der Waals surface area contributed by atoms with Crippen molar-refractivity contribution >= 4 is 5.91 Å². The summed E-state index contributed by atoms with van der Waals surface area (Å²) in [7, 11) is 0. The zero-order valence-corrected chi connectivity index (χ0v) is 9.91. The van der Waals surface area contributed by atoms with Gasteiger partial charge in [-0.1, -0.05) is 13.3 Å². The average molecular weight is 226 g/mol. The van der Waals surface area contributed by atoms with Gasteiger partial charge in [-0.25, -0.2) is 0 Å². The minimum Gasteiger partial charge on any atom is -0.392 e. The zero-order chi connectivity index (χ0) is 11.5. The second-order valence-electron chi connectivity index (χ2n) is 5.38. The lowest BCUT2D eigenvalue weighted by atomic mass is 10.1. The lowest BCUT2D eigenvalue weighted by Crippen LogP contribution is -2.42. The Morgan fingerprint density at radius 1 is 1.44 bits per heavy atom. The van der Waals surface area contributed by atoms with E-state index < -0.39 is 0 Å². The standard InChI is InChI=1S/C12H22N2O2/c1-8-2-3-9(4-8)6-14-12(16)11-5-10(15)7-13-11/h8-11,13,15H,2-7H2,1H3,(H,14,16). The SMILES string of the molecule is CC1CCC(CNC(=O)C2CC(O)CN2)C1. The second kappa shape index (κ2) is 5.15. The van der Waals surface area contributed by atoms with E-state index in [1.54, 1.807) is 0 Å². The molecule has 0 aromatic heterocycles. The van der Waals surface area contributed by atoms with Crippen molar-refractivity contribution in [1.82, 2.24) is 10.6 Å². The van der Waals surface area contributed by atoms with Crippen LogP contribution in [0.15, 0.2) is 0 Å². The lowest BCUT2D eigenvalue weighted by Gasteiger charge is -2.14. The summed E-state index contributed by atoms with van der Waals surface area (Å²) in [6.45, 7) is 3.62. The molecule has 2 fully saturated rings. The minimum absolute atomic E-state index is 0.0519. The van der Waals surface area contributed by atoms with Gasteiger partial charge in [0.05, 0.1) is 12.1 Å². The molecule has 16 heavy (non-hydrogen) atoms. The molecule has 0 spiro atoms. The highest BCUT2D eigenvalue weighted by Gasteiger charge is 2.29. The molecule has 0 aromatic rings. The Labute approximate surface area is 96.8 Å². The van der Waals surface area contributed by atoms with Crippen molar-refractivity contribution in [2.75, 3.05) is 13.1 Å². The van der Waals surface area contributed by atoms with E-state index in [0.717, 1.165) is 12.5 Å². The Hall–Kier alpha value is -0.610. The van der Waals surface area contributed by atoms with Crippen LogP contribution in [0.1, 0.15) is 32.6 Å². The van der Waals surface area contributed by atoms with Gasteiger partial charge in [-0.05, 0) is 31.1 Å². The molecule has 1 saturated heterocycles. The highest BCUT2D eigenvalue weighted by Crippen LogP contribution is 2.29. The van der Waals surface area contributed by atoms with Gasteiger partial charge in [0.15, 0.2) is 0 Å². The number of carbonyl (C=O) groups excluding carboxylic acids is 1. The summed E-state index contributed by atoms with van der Waals surface area (Å²) < 4.78 is 0. The Morgan fingerprint density at radius 2 is 2.25 bits per heavy atom. The summed E-state index contributed by atoms with van der Waals surface area (Å²) in [4.78, 5) is 11.7. The van der Waals surface area contributed by atoms with E-state index in [2.05, 4.69) is 17.6 Å². The molecule has 2 rings (SSSR count). The smallest absolute Gasteiger partial charge is 0.237 e. The third-order valence-electron chi connectivity index (χ3n) is 3.79. The maximum atomic E-state index is 11.7. The number of nitrogens with one attached hydrogen (secondary N) is 2. The topological polar surface area (TPSA) is 61.4 Å². The van der Waals surface area contributed by atoms with E-state index in [9.17, 15) is 9.90 Å². The summed E-state index contributed by atoms with van der Waals surface area (Å²) in [5, 5.41) is 15.3. The number of rotatable bonds is 3. The summed E-state index contributed by atoms with van der Waals surface area (Å²) in [6.07, 6.45) is 3.96. The Kier molecular flexibility index (Phi) is 3.82. The van der Waals surface area contributed by atoms with Crippen LogP contribution in [0.3, 0.4) is 0 Å². The van der Waals surface area contributed by atoms with Crippen LogP contribution in [0.25, 0.3) is 0 Å². The van der Waals surface area contributed by atoms with Crippen LogP contribution in [-0.2, 0) is 4.79 Å². The zero-order valence-electron chi connectivity index (χ0n) is 9.91. The van der Waals surface area contributed by atoms with Gasteiger partial charge in [-0.2, -0.15) is 0 Å². The molecular formula is C12H22N2O2. The number of β-amino-alcohol motifs (C(OH)–C–C–N with tert-alkyl or cyclic N) is 1. The molecule has 1 saturated carbocycles. The number of aliphatic hydroxyl groups excluding tert-OH is 1. The first-order valence-electron chi connectivity index (χ1n) is 6.34. The van der Waals surface area contributed by atoms with Crippen LogP contribution in [0.4, 0.5) is 0 Å². The fourth-order valence-electron chi connectivity index (χ4n) is 2.80. The summed E-state index contributed by atoms with van der Waals surface area (Å²) in [6, 6.07) is -0.186. The van der Waals surface area contributed by atoms with Gasteiger partial charge in [-0.15, -0.1) is 0 Å². The van der Waals surface area contributed by atoms with Crippen LogP contribution < -0.4 is 10.6 Å². The first-order chi connectivity index (χ1) is 7.65. The van der Waals surface area contributed by atoms with Gasteiger partial charge in [0.1, 0.15) is 0 Å². The maximum Gasteiger partial charge on any atom is 0.237 e. The van der Waals surface area contributed by atoms with Gasteiger partial charge >= 0.3 is 0 Å². The van der Waals surface area contributed by atoms with Crippen molar-refractivity contribution < 1.29 is 9.90 Å². The number of hydrogen-bond acceptors (Lipinski definition) is 3. The number of aliphatic hydroxyl groups is 1. The molecule has 1 amide bonds. The maximum absolute atomic E-state index is 11.7. The molecule has 0 aromatic carbocycles. The predicted molar refractivity (Wildman–Crippen MR) is 61.9 cm³/mol. The van der Waals surface area contributed by atoms with E-state index in [4.69, 9.17) is 0 Å². The van der Waals surface area contributed by atoms with Gasteiger partial charge in [0.25, 0.3) is 0 Å². The normalized spacial score (nSPS) is 38.9. The predicted octanol–water partition coefficient (Wildman–Crippen LogP) is 0.262. The van der Waals surface area contributed by atoms with Crippen molar-refractivity contribution in [1.29, 1.82) is 0 Å². The monoisotopic (exact) mass is 226 g/mol. The van der Waals surface area contributed by atoms with Gasteiger partial charge < -0.3 is 15.7 Å². The fraction of sp³-hybridized carbons (Fsp3) is 0.917.